The first kappa shape index (κ1) is 15.8. The fourth-order valence-electron chi connectivity index (χ4n) is 1.49. The third-order valence-electron chi connectivity index (χ3n) is 2.49. The summed E-state index contributed by atoms with van der Waals surface area (Å²) in [5.41, 5.74) is -0.412. The van der Waals surface area contributed by atoms with Crippen LogP contribution in [0.5, 0.6) is 0 Å². The zero-order valence-electron chi connectivity index (χ0n) is 10.2. The Morgan fingerprint density at radius 1 is 1.42 bits per heavy atom. The molecule has 0 amide bonds. The second-order valence-corrected chi connectivity index (χ2v) is 6.28. The Balaban J connectivity index is 3.44. The molecule has 0 saturated carbocycles. The predicted octanol–water partition coefficient (Wildman–Crippen LogP) is 2.27. The first-order valence-corrected chi connectivity index (χ1v) is 7.36. The predicted molar refractivity (Wildman–Crippen MR) is 68.6 cm³/mol. The number of hydrogen-bond donors (Lipinski definition) is 0. The lowest BCUT2D eigenvalue weighted by molar-refractivity contribution is -0.112. The van der Waals surface area contributed by atoms with Gasteiger partial charge in [0, 0.05) is 6.07 Å². The zero-order valence-corrected chi connectivity index (χ0v) is 11.8. The van der Waals surface area contributed by atoms with E-state index in [1.807, 2.05) is 0 Å². The van der Waals surface area contributed by atoms with Crippen molar-refractivity contribution in [3.05, 3.63) is 29.8 Å². The summed E-state index contributed by atoms with van der Waals surface area (Å²) in [6, 6.07) is 1.11. The molecule has 1 aromatic carbocycles. The molecule has 0 radical (unpaired) electrons. The van der Waals surface area contributed by atoms with Crippen LogP contribution in [0.3, 0.4) is 0 Å². The Hall–Kier alpha value is -1.21. The van der Waals surface area contributed by atoms with Gasteiger partial charge < -0.3 is 0 Å². The van der Waals surface area contributed by atoms with Gasteiger partial charge in [-0.1, -0.05) is 0 Å². The van der Waals surface area contributed by atoms with Crippen LogP contribution < -0.4 is 4.31 Å². The average molecular weight is 312 g/mol. The molecule has 0 heterocycles. The maximum Gasteiger partial charge on any atom is 0.245 e. The molecule has 19 heavy (non-hydrogen) atoms. The first-order chi connectivity index (χ1) is 8.70. The standard InChI is InChI=1S/C11H12ClF2NO3S/c1-3-19(17,18)15(7(2)11(12)16)10-5-4-8(13)6-9(10)14/h4-7H,3H2,1-2H3. The van der Waals surface area contributed by atoms with Crippen LogP contribution in [-0.2, 0) is 14.8 Å². The second kappa shape index (κ2) is 5.83. The lowest BCUT2D eigenvalue weighted by Crippen LogP contribution is -2.43. The molecule has 0 aliphatic heterocycles. The van der Waals surface area contributed by atoms with Crippen LogP contribution >= 0.6 is 11.6 Å². The van der Waals surface area contributed by atoms with Crippen LogP contribution in [0.1, 0.15) is 13.8 Å². The molecule has 1 unspecified atom stereocenters. The van der Waals surface area contributed by atoms with E-state index in [0.29, 0.717) is 10.4 Å². The van der Waals surface area contributed by atoms with Crippen molar-refractivity contribution in [1.29, 1.82) is 0 Å². The average Bonchev–Trinajstić information content (AvgIpc) is 2.31. The molecule has 1 atom stereocenters. The molecule has 0 spiro atoms. The Morgan fingerprint density at radius 3 is 2.42 bits per heavy atom. The molecule has 1 aromatic rings. The fourth-order valence-corrected chi connectivity index (χ4v) is 2.95. The van der Waals surface area contributed by atoms with E-state index in [9.17, 15) is 22.0 Å². The number of hydrogen-bond acceptors (Lipinski definition) is 3. The van der Waals surface area contributed by atoms with E-state index in [0.717, 1.165) is 12.1 Å². The fraction of sp³-hybridized carbons (Fsp3) is 0.364. The summed E-state index contributed by atoms with van der Waals surface area (Å²) in [6.07, 6.45) is 0. The van der Waals surface area contributed by atoms with E-state index in [1.165, 1.54) is 13.8 Å². The van der Waals surface area contributed by atoms with Crippen molar-refractivity contribution in [2.75, 3.05) is 10.1 Å². The van der Waals surface area contributed by atoms with Crippen LogP contribution in [0, 0.1) is 11.6 Å². The first-order valence-electron chi connectivity index (χ1n) is 5.37. The molecule has 0 N–H and O–H groups in total. The summed E-state index contributed by atoms with van der Waals surface area (Å²) in [5.74, 6) is -2.28. The molecule has 1 rings (SSSR count). The summed E-state index contributed by atoms with van der Waals surface area (Å²) in [4.78, 5) is 11.2. The Kier molecular flexibility index (Phi) is 4.86. The second-order valence-electron chi connectivity index (χ2n) is 3.77. The van der Waals surface area contributed by atoms with E-state index < -0.39 is 38.6 Å². The molecule has 8 heteroatoms. The Morgan fingerprint density at radius 2 is 2.00 bits per heavy atom. The molecule has 0 aliphatic carbocycles. The van der Waals surface area contributed by atoms with Crippen molar-refractivity contribution in [2.45, 2.75) is 19.9 Å². The van der Waals surface area contributed by atoms with E-state index in [1.54, 1.807) is 0 Å². The lowest BCUT2D eigenvalue weighted by atomic mass is 10.2. The van der Waals surface area contributed by atoms with Gasteiger partial charge in [-0.3, -0.25) is 9.10 Å². The molecule has 0 saturated heterocycles. The van der Waals surface area contributed by atoms with E-state index in [-0.39, 0.29) is 5.75 Å². The molecule has 0 fully saturated rings. The lowest BCUT2D eigenvalue weighted by Gasteiger charge is -2.28. The molecule has 106 valence electrons. The van der Waals surface area contributed by atoms with E-state index >= 15 is 0 Å². The highest BCUT2D eigenvalue weighted by molar-refractivity contribution is 7.92. The number of rotatable bonds is 5. The number of carbonyl (C=O) groups is 1. The molecule has 0 aliphatic rings. The van der Waals surface area contributed by atoms with Crippen LogP contribution in [-0.4, -0.2) is 25.5 Å². The summed E-state index contributed by atoms with van der Waals surface area (Å²) in [6.45, 7) is 2.57. The summed E-state index contributed by atoms with van der Waals surface area (Å²) in [7, 11) is -3.93. The molecule has 4 nitrogen and oxygen atoms in total. The highest BCUT2D eigenvalue weighted by Gasteiger charge is 2.31. The van der Waals surface area contributed by atoms with Gasteiger partial charge >= 0.3 is 0 Å². The van der Waals surface area contributed by atoms with Crippen LogP contribution in [0.2, 0.25) is 0 Å². The van der Waals surface area contributed by atoms with Gasteiger partial charge in [0.05, 0.1) is 11.4 Å². The number of sulfonamides is 1. The van der Waals surface area contributed by atoms with Crippen molar-refractivity contribution in [1.82, 2.24) is 0 Å². The smallest absolute Gasteiger partial charge is 0.245 e. The number of anilines is 1. The van der Waals surface area contributed by atoms with Crippen molar-refractivity contribution in [2.24, 2.45) is 0 Å². The van der Waals surface area contributed by atoms with Gasteiger partial charge in [0.25, 0.3) is 0 Å². The van der Waals surface area contributed by atoms with Crippen molar-refractivity contribution < 1.29 is 22.0 Å². The third-order valence-corrected chi connectivity index (χ3v) is 4.65. The monoisotopic (exact) mass is 311 g/mol. The van der Waals surface area contributed by atoms with Gasteiger partial charge in [-0.2, -0.15) is 0 Å². The molecular weight excluding hydrogens is 300 g/mol. The Bertz CT molecular complexity index is 592. The van der Waals surface area contributed by atoms with Gasteiger partial charge in [-0.25, -0.2) is 17.2 Å². The molecule has 0 aromatic heterocycles. The normalized spacial score (nSPS) is 13.1. The quantitative estimate of drug-likeness (QED) is 0.784. The molecular formula is C11H12ClF2NO3S. The minimum atomic E-state index is -3.93. The summed E-state index contributed by atoms with van der Waals surface area (Å²) < 4.78 is 51.0. The number of carbonyl (C=O) groups excluding carboxylic acids is 1. The van der Waals surface area contributed by atoms with Gasteiger partial charge in [0.2, 0.25) is 15.3 Å². The van der Waals surface area contributed by atoms with Crippen molar-refractivity contribution >= 4 is 32.6 Å². The van der Waals surface area contributed by atoms with Gasteiger partial charge in [-0.05, 0) is 37.6 Å². The number of nitrogens with zero attached hydrogens (tertiary/aromatic N) is 1. The van der Waals surface area contributed by atoms with Gasteiger partial charge in [-0.15, -0.1) is 0 Å². The minimum absolute atomic E-state index is 0.349. The molecule has 0 bridgehead atoms. The maximum absolute atomic E-state index is 13.7. The van der Waals surface area contributed by atoms with Crippen LogP contribution in [0.15, 0.2) is 18.2 Å². The number of benzene rings is 1. The largest absolute Gasteiger partial charge is 0.279 e. The number of halogens is 3. The highest BCUT2D eigenvalue weighted by Crippen LogP contribution is 2.26. The van der Waals surface area contributed by atoms with Crippen molar-refractivity contribution in [3.8, 4) is 0 Å². The Labute approximate surface area is 115 Å². The highest BCUT2D eigenvalue weighted by atomic mass is 35.5. The van der Waals surface area contributed by atoms with Crippen LogP contribution in [0.25, 0.3) is 0 Å². The summed E-state index contributed by atoms with van der Waals surface area (Å²) >= 11 is 5.28. The minimum Gasteiger partial charge on any atom is -0.279 e. The van der Waals surface area contributed by atoms with E-state index in [4.69, 9.17) is 11.6 Å². The van der Waals surface area contributed by atoms with Gasteiger partial charge in [0.15, 0.2) is 0 Å². The zero-order chi connectivity index (χ0) is 14.8. The van der Waals surface area contributed by atoms with Gasteiger partial charge in [0.1, 0.15) is 17.7 Å². The summed E-state index contributed by atoms with van der Waals surface area (Å²) in [5, 5.41) is -0.958. The third kappa shape index (κ3) is 3.42. The van der Waals surface area contributed by atoms with Crippen molar-refractivity contribution in [3.63, 3.8) is 0 Å². The van der Waals surface area contributed by atoms with E-state index in [2.05, 4.69) is 0 Å². The topological polar surface area (TPSA) is 54.5 Å². The van der Waals surface area contributed by atoms with Crippen LogP contribution in [0.4, 0.5) is 14.5 Å². The maximum atomic E-state index is 13.7. The SMILES string of the molecule is CCS(=O)(=O)N(c1ccc(F)cc1F)C(C)C(=O)Cl.